The van der Waals surface area contributed by atoms with Gasteiger partial charge in [-0.3, -0.25) is 14.2 Å². The molecule has 11 heteroatoms. The molecule has 4 amide bonds. The summed E-state index contributed by atoms with van der Waals surface area (Å²) in [5.41, 5.74) is 0.187. The molecule has 2 heterocycles. The van der Waals surface area contributed by atoms with Gasteiger partial charge in [0.15, 0.2) is 0 Å². The summed E-state index contributed by atoms with van der Waals surface area (Å²) < 4.78 is 6.48. The SMILES string of the molecule is CC(C)C(NC(=O)N(Cc1cn(C(=O)O)c2ccccc12)N1C(=O)c2ccccc2C1=O)C(=O)OC(C)(C)C. The first-order valence-corrected chi connectivity index (χ1v) is 12.4. The van der Waals surface area contributed by atoms with Crippen LogP contribution in [0.4, 0.5) is 9.59 Å². The van der Waals surface area contributed by atoms with E-state index in [9.17, 15) is 29.1 Å². The average Bonchev–Trinajstić information content (AvgIpc) is 3.35. The molecule has 1 unspecified atom stereocenters. The molecule has 0 aliphatic carbocycles. The van der Waals surface area contributed by atoms with Crippen LogP contribution >= 0.6 is 0 Å². The maximum atomic E-state index is 13.8. The highest BCUT2D eigenvalue weighted by Crippen LogP contribution is 2.28. The van der Waals surface area contributed by atoms with Crippen LogP contribution in [0.5, 0.6) is 0 Å². The number of nitrogens with zero attached hydrogens (tertiary/aromatic N) is 3. The zero-order valence-electron chi connectivity index (χ0n) is 22.3. The van der Waals surface area contributed by atoms with E-state index in [-0.39, 0.29) is 23.6 Å². The molecule has 39 heavy (non-hydrogen) atoms. The van der Waals surface area contributed by atoms with Gasteiger partial charge in [-0.05, 0) is 50.5 Å². The summed E-state index contributed by atoms with van der Waals surface area (Å²) in [7, 11) is 0. The van der Waals surface area contributed by atoms with Crippen molar-refractivity contribution in [3.8, 4) is 0 Å². The topological polar surface area (TPSA) is 138 Å². The lowest BCUT2D eigenvalue weighted by Gasteiger charge is -2.33. The fourth-order valence-electron chi connectivity index (χ4n) is 4.40. The zero-order valence-corrected chi connectivity index (χ0v) is 22.3. The van der Waals surface area contributed by atoms with Gasteiger partial charge in [-0.2, -0.15) is 5.01 Å². The summed E-state index contributed by atoms with van der Waals surface area (Å²) in [5.74, 6) is -2.49. The molecule has 2 aromatic carbocycles. The van der Waals surface area contributed by atoms with Crippen molar-refractivity contribution in [3.63, 3.8) is 0 Å². The molecule has 11 nitrogen and oxygen atoms in total. The maximum absolute atomic E-state index is 13.8. The molecule has 3 aromatic rings. The number of rotatable bonds is 6. The van der Waals surface area contributed by atoms with Gasteiger partial charge in [0.25, 0.3) is 11.8 Å². The standard InChI is InChI=1S/C28H30N4O7/c1-16(2)22(25(35)39-28(3,4)5)29-26(36)31(32-23(33)19-11-6-7-12-20(19)24(32)34)15-17-14-30(27(37)38)21-13-9-8-10-18(17)21/h6-14,16,22H,15H2,1-5H3,(H,29,36)(H,37,38). The predicted molar refractivity (Wildman–Crippen MR) is 141 cm³/mol. The quantitative estimate of drug-likeness (QED) is 0.356. The first-order chi connectivity index (χ1) is 18.3. The van der Waals surface area contributed by atoms with Crippen LogP contribution in [0.15, 0.2) is 54.7 Å². The molecule has 0 radical (unpaired) electrons. The van der Waals surface area contributed by atoms with E-state index in [1.54, 1.807) is 71.0 Å². The van der Waals surface area contributed by atoms with E-state index in [1.807, 2.05) is 0 Å². The van der Waals surface area contributed by atoms with Crippen molar-refractivity contribution in [2.24, 2.45) is 5.92 Å². The van der Waals surface area contributed by atoms with Crippen LogP contribution < -0.4 is 5.32 Å². The van der Waals surface area contributed by atoms with E-state index in [1.165, 1.54) is 18.3 Å². The van der Waals surface area contributed by atoms with Crippen LogP contribution in [0.2, 0.25) is 0 Å². The summed E-state index contributed by atoms with van der Waals surface area (Å²) in [6.07, 6.45) is 0.0955. The van der Waals surface area contributed by atoms with Gasteiger partial charge in [0.05, 0.1) is 23.2 Å². The van der Waals surface area contributed by atoms with Crippen molar-refractivity contribution in [3.05, 3.63) is 71.4 Å². The average molecular weight is 535 g/mol. The van der Waals surface area contributed by atoms with Gasteiger partial charge in [0, 0.05) is 11.6 Å². The number of carboxylic acid groups (broad SMARTS) is 1. The maximum Gasteiger partial charge on any atom is 0.416 e. The Morgan fingerprint density at radius 1 is 0.974 bits per heavy atom. The van der Waals surface area contributed by atoms with E-state index >= 15 is 0 Å². The summed E-state index contributed by atoms with van der Waals surface area (Å²) in [4.78, 5) is 65.3. The summed E-state index contributed by atoms with van der Waals surface area (Å²) in [6.45, 7) is 8.22. The molecule has 204 valence electrons. The van der Waals surface area contributed by atoms with Crippen LogP contribution in [-0.2, 0) is 16.1 Å². The van der Waals surface area contributed by atoms with Gasteiger partial charge in [0.1, 0.15) is 11.6 Å². The van der Waals surface area contributed by atoms with E-state index in [0.717, 1.165) is 14.6 Å². The number of amides is 4. The van der Waals surface area contributed by atoms with Crippen molar-refractivity contribution in [1.82, 2.24) is 19.9 Å². The number of fused-ring (bicyclic) bond motifs is 2. The third-order valence-corrected chi connectivity index (χ3v) is 6.18. The molecule has 1 aromatic heterocycles. The molecule has 0 saturated carbocycles. The molecular formula is C28H30N4O7. The minimum atomic E-state index is -1.24. The second kappa shape index (κ2) is 10.2. The molecule has 0 bridgehead atoms. The van der Waals surface area contributed by atoms with Crippen LogP contribution in [-0.4, -0.2) is 61.2 Å². The summed E-state index contributed by atoms with van der Waals surface area (Å²) >= 11 is 0. The Bertz CT molecular complexity index is 1450. The lowest BCUT2D eigenvalue weighted by Crippen LogP contribution is -2.57. The Balaban J connectivity index is 1.76. The zero-order chi connectivity index (χ0) is 28.6. The lowest BCUT2D eigenvalue weighted by molar-refractivity contribution is -0.158. The van der Waals surface area contributed by atoms with Crippen molar-refractivity contribution in [2.45, 2.75) is 52.8 Å². The smallest absolute Gasteiger partial charge is 0.416 e. The molecule has 0 spiro atoms. The first kappa shape index (κ1) is 27.4. The summed E-state index contributed by atoms with van der Waals surface area (Å²) in [5, 5.41) is 14.5. The molecule has 1 aliphatic heterocycles. The Labute approximate surface area is 224 Å². The number of benzene rings is 2. The Morgan fingerprint density at radius 3 is 2.08 bits per heavy atom. The van der Waals surface area contributed by atoms with Gasteiger partial charge in [0.2, 0.25) is 0 Å². The number of carbonyl (C=O) groups excluding carboxylic acids is 4. The number of hydrazine groups is 1. The predicted octanol–water partition coefficient (Wildman–Crippen LogP) is 4.26. The van der Waals surface area contributed by atoms with E-state index in [0.29, 0.717) is 16.5 Å². The number of urea groups is 1. The van der Waals surface area contributed by atoms with Gasteiger partial charge in [-0.1, -0.05) is 44.2 Å². The molecule has 4 rings (SSSR count). The number of ether oxygens (including phenoxy) is 1. The van der Waals surface area contributed by atoms with E-state index in [2.05, 4.69) is 5.32 Å². The minimum Gasteiger partial charge on any atom is -0.464 e. The second-order valence-corrected chi connectivity index (χ2v) is 10.6. The van der Waals surface area contributed by atoms with Crippen molar-refractivity contribution >= 4 is 40.8 Å². The highest BCUT2D eigenvalue weighted by molar-refractivity contribution is 6.21. The second-order valence-electron chi connectivity index (χ2n) is 10.6. The lowest BCUT2D eigenvalue weighted by atomic mass is 10.0. The number of hydrogen-bond acceptors (Lipinski definition) is 6. The Hall–Kier alpha value is -4.67. The molecular weight excluding hydrogens is 504 g/mol. The molecule has 0 saturated heterocycles. The fraction of sp³-hybridized carbons (Fsp3) is 0.321. The normalized spacial score (nSPS) is 13.9. The Kier molecular flexibility index (Phi) is 7.18. The van der Waals surface area contributed by atoms with Crippen LogP contribution in [0.25, 0.3) is 10.9 Å². The third kappa shape index (κ3) is 5.33. The minimum absolute atomic E-state index is 0.126. The van der Waals surface area contributed by atoms with Crippen LogP contribution in [0.3, 0.4) is 0 Å². The molecule has 1 atom stereocenters. The van der Waals surface area contributed by atoms with Gasteiger partial charge in [-0.15, -0.1) is 0 Å². The van der Waals surface area contributed by atoms with Crippen molar-refractivity contribution in [1.29, 1.82) is 0 Å². The molecule has 1 aliphatic rings. The molecule has 2 N–H and O–H groups in total. The van der Waals surface area contributed by atoms with Crippen molar-refractivity contribution < 1.29 is 33.8 Å². The van der Waals surface area contributed by atoms with Crippen LogP contribution in [0.1, 0.15) is 60.9 Å². The molecule has 0 fully saturated rings. The van der Waals surface area contributed by atoms with E-state index in [4.69, 9.17) is 4.74 Å². The number of nitrogens with one attached hydrogen (secondary N) is 1. The highest BCUT2D eigenvalue weighted by Gasteiger charge is 2.43. The van der Waals surface area contributed by atoms with Crippen LogP contribution in [0, 0.1) is 5.92 Å². The summed E-state index contributed by atoms with van der Waals surface area (Å²) in [6, 6.07) is 10.9. The first-order valence-electron chi connectivity index (χ1n) is 12.4. The largest absolute Gasteiger partial charge is 0.464 e. The fourth-order valence-corrected chi connectivity index (χ4v) is 4.40. The van der Waals surface area contributed by atoms with E-state index < -0.39 is 41.6 Å². The van der Waals surface area contributed by atoms with Gasteiger partial charge >= 0.3 is 18.1 Å². The number of imide groups is 1. The third-order valence-electron chi connectivity index (χ3n) is 6.18. The van der Waals surface area contributed by atoms with Gasteiger partial charge in [-0.25, -0.2) is 19.4 Å². The highest BCUT2D eigenvalue weighted by atomic mass is 16.6. The number of para-hydroxylation sites is 1. The monoisotopic (exact) mass is 534 g/mol. The Morgan fingerprint density at radius 2 is 1.54 bits per heavy atom. The van der Waals surface area contributed by atoms with Gasteiger partial charge < -0.3 is 15.2 Å². The number of aromatic nitrogens is 1. The van der Waals surface area contributed by atoms with Crippen molar-refractivity contribution in [2.75, 3.05) is 0 Å². The number of hydrogen-bond donors (Lipinski definition) is 2. The number of carbonyl (C=O) groups is 5. The number of esters is 1.